The molecule has 4 nitrogen and oxygen atoms in total. The molecule has 2 aromatic carbocycles. The van der Waals surface area contributed by atoms with Crippen LogP contribution in [-0.4, -0.2) is 12.5 Å². The number of carbonyl (C=O) groups is 1. The van der Waals surface area contributed by atoms with Gasteiger partial charge in [-0.1, -0.05) is 35.3 Å². The van der Waals surface area contributed by atoms with Gasteiger partial charge in [0, 0.05) is 5.02 Å². The molecule has 0 saturated heterocycles. The lowest BCUT2D eigenvalue weighted by atomic mass is 10.1. The summed E-state index contributed by atoms with van der Waals surface area (Å²) >= 11 is 11.9. The fraction of sp³-hybridized carbons (Fsp3) is 0.111. The Morgan fingerprint density at radius 2 is 1.96 bits per heavy atom. The average Bonchev–Trinajstić information content (AvgIpc) is 2.57. The van der Waals surface area contributed by atoms with Crippen molar-refractivity contribution >= 4 is 40.9 Å². The number of amides is 1. The largest absolute Gasteiger partial charge is 0.494 e. The molecule has 0 spiro atoms. The minimum absolute atomic E-state index is 0.0461. The number of hydrogen-bond donors (Lipinski definition) is 1. The second-order valence-electron chi connectivity index (χ2n) is 4.75. The van der Waals surface area contributed by atoms with Gasteiger partial charge in [0.05, 0.1) is 17.3 Å². The van der Waals surface area contributed by atoms with E-state index >= 15 is 0 Å². The first-order valence-electron chi connectivity index (χ1n) is 7.14. The summed E-state index contributed by atoms with van der Waals surface area (Å²) in [5.41, 5.74) is 1.01. The smallest absolute Gasteiger partial charge is 0.266 e. The van der Waals surface area contributed by atoms with Crippen LogP contribution in [0.2, 0.25) is 10.0 Å². The van der Waals surface area contributed by atoms with Crippen LogP contribution < -0.4 is 10.1 Å². The maximum Gasteiger partial charge on any atom is 0.266 e. The van der Waals surface area contributed by atoms with Crippen LogP contribution in [0.15, 0.2) is 48.0 Å². The van der Waals surface area contributed by atoms with Gasteiger partial charge in [0.25, 0.3) is 5.91 Å². The Hall–Kier alpha value is -2.48. The summed E-state index contributed by atoms with van der Waals surface area (Å²) in [4.78, 5) is 12.3. The highest BCUT2D eigenvalue weighted by molar-refractivity contribution is 6.36. The first kappa shape index (κ1) is 17.9. The molecule has 1 amide bonds. The average molecular weight is 361 g/mol. The molecule has 0 aliphatic carbocycles. The molecule has 0 aromatic heterocycles. The van der Waals surface area contributed by atoms with Gasteiger partial charge < -0.3 is 10.1 Å². The Bertz CT molecular complexity index is 809. The first-order valence-corrected chi connectivity index (χ1v) is 7.90. The number of carbonyl (C=O) groups excluding carboxylic acids is 1. The van der Waals surface area contributed by atoms with E-state index in [2.05, 4.69) is 5.32 Å². The summed E-state index contributed by atoms with van der Waals surface area (Å²) in [6, 6.07) is 13.7. The second-order valence-corrected chi connectivity index (χ2v) is 5.59. The third kappa shape index (κ3) is 4.76. The number of nitriles is 1. The van der Waals surface area contributed by atoms with Gasteiger partial charge in [-0.2, -0.15) is 5.26 Å². The molecule has 0 unspecified atom stereocenters. The standard InChI is InChI=1S/C18H14Cl2N2O2/c1-2-24-15-6-3-12(4-7-15)9-13(11-21)18(23)22-17-10-14(19)5-8-16(17)20/h3-10H,2H2,1H3,(H,22,23). The van der Waals surface area contributed by atoms with Crippen molar-refractivity contribution in [2.45, 2.75) is 6.92 Å². The topological polar surface area (TPSA) is 62.1 Å². The molecule has 6 heteroatoms. The molecular weight excluding hydrogens is 347 g/mol. The number of hydrogen-bond acceptors (Lipinski definition) is 3. The van der Waals surface area contributed by atoms with Gasteiger partial charge >= 0.3 is 0 Å². The summed E-state index contributed by atoms with van der Waals surface area (Å²) in [6.07, 6.45) is 1.49. The molecule has 0 fully saturated rings. The third-order valence-electron chi connectivity index (χ3n) is 3.04. The van der Waals surface area contributed by atoms with Gasteiger partial charge in [-0.25, -0.2) is 0 Å². The molecule has 0 heterocycles. The van der Waals surface area contributed by atoms with Crippen molar-refractivity contribution in [3.8, 4) is 11.8 Å². The van der Waals surface area contributed by atoms with E-state index in [1.807, 2.05) is 13.0 Å². The molecule has 2 aromatic rings. The quantitative estimate of drug-likeness (QED) is 0.606. The zero-order valence-corrected chi connectivity index (χ0v) is 14.4. The molecule has 1 N–H and O–H groups in total. The minimum atomic E-state index is -0.560. The molecule has 0 saturated carbocycles. The van der Waals surface area contributed by atoms with Crippen LogP contribution >= 0.6 is 23.2 Å². The van der Waals surface area contributed by atoms with E-state index in [0.717, 1.165) is 5.75 Å². The predicted molar refractivity (Wildman–Crippen MR) is 96.3 cm³/mol. The monoisotopic (exact) mass is 360 g/mol. The van der Waals surface area contributed by atoms with Crippen LogP contribution in [0.25, 0.3) is 6.08 Å². The number of halogens is 2. The van der Waals surface area contributed by atoms with Gasteiger partial charge in [0.2, 0.25) is 0 Å². The maximum absolute atomic E-state index is 12.3. The minimum Gasteiger partial charge on any atom is -0.494 e. The van der Waals surface area contributed by atoms with Gasteiger partial charge in [-0.3, -0.25) is 4.79 Å². The van der Waals surface area contributed by atoms with E-state index in [1.165, 1.54) is 12.1 Å². The van der Waals surface area contributed by atoms with Crippen molar-refractivity contribution in [1.82, 2.24) is 0 Å². The fourth-order valence-corrected chi connectivity index (χ4v) is 2.26. The van der Waals surface area contributed by atoms with Crippen LogP contribution in [0, 0.1) is 11.3 Å². The molecule has 122 valence electrons. The molecule has 2 rings (SSSR count). The second kappa shape index (κ2) is 8.39. The van der Waals surface area contributed by atoms with Crippen molar-refractivity contribution in [2.24, 2.45) is 0 Å². The lowest BCUT2D eigenvalue weighted by Crippen LogP contribution is -2.13. The molecule has 0 radical (unpaired) electrons. The zero-order chi connectivity index (χ0) is 17.5. The molecule has 0 bridgehead atoms. The number of anilines is 1. The molecular formula is C18H14Cl2N2O2. The summed E-state index contributed by atoms with van der Waals surface area (Å²) in [7, 11) is 0. The van der Waals surface area contributed by atoms with Crippen LogP contribution in [0.4, 0.5) is 5.69 Å². The van der Waals surface area contributed by atoms with Gasteiger partial charge in [0.15, 0.2) is 0 Å². The number of nitrogens with one attached hydrogen (secondary N) is 1. The SMILES string of the molecule is CCOc1ccc(C=C(C#N)C(=O)Nc2cc(Cl)ccc2Cl)cc1. The highest BCUT2D eigenvalue weighted by atomic mass is 35.5. The van der Waals surface area contributed by atoms with Gasteiger partial charge in [0.1, 0.15) is 17.4 Å². The number of nitrogens with zero attached hydrogens (tertiary/aromatic N) is 1. The van der Waals surface area contributed by atoms with E-state index < -0.39 is 5.91 Å². The van der Waals surface area contributed by atoms with Crippen LogP contribution in [0.1, 0.15) is 12.5 Å². The number of benzene rings is 2. The Balaban J connectivity index is 2.19. The van der Waals surface area contributed by atoms with Crippen LogP contribution in [-0.2, 0) is 4.79 Å². The summed E-state index contributed by atoms with van der Waals surface area (Å²) in [5.74, 6) is 0.166. The predicted octanol–water partition coefficient (Wildman–Crippen LogP) is 4.94. The Labute approximate surface area is 150 Å². The first-order chi connectivity index (χ1) is 11.5. The Kier molecular flexibility index (Phi) is 6.25. The van der Waals surface area contributed by atoms with Crippen molar-refractivity contribution in [2.75, 3.05) is 11.9 Å². The summed E-state index contributed by atoms with van der Waals surface area (Å²) in [5, 5.41) is 12.6. The van der Waals surface area contributed by atoms with Crippen LogP contribution in [0.5, 0.6) is 5.75 Å². The van der Waals surface area contributed by atoms with Crippen molar-refractivity contribution in [3.63, 3.8) is 0 Å². The van der Waals surface area contributed by atoms with E-state index in [-0.39, 0.29) is 5.57 Å². The zero-order valence-electron chi connectivity index (χ0n) is 12.8. The van der Waals surface area contributed by atoms with Gasteiger partial charge in [-0.15, -0.1) is 0 Å². The fourth-order valence-electron chi connectivity index (χ4n) is 1.93. The lowest BCUT2D eigenvalue weighted by molar-refractivity contribution is -0.112. The normalized spacial score (nSPS) is 10.8. The van der Waals surface area contributed by atoms with E-state index in [1.54, 1.807) is 36.4 Å². The number of ether oxygens (including phenoxy) is 1. The Morgan fingerprint density at radius 3 is 2.58 bits per heavy atom. The molecule has 24 heavy (non-hydrogen) atoms. The highest BCUT2D eigenvalue weighted by Gasteiger charge is 2.12. The highest BCUT2D eigenvalue weighted by Crippen LogP contribution is 2.26. The van der Waals surface area contributed by atoms with Crippen molar-refractivity contribution < 1.29 is 9.53 Å². The summed E-state index contributed by atoms with van der Waals surface area (Å²) in [6.45, 7) is 2.47. The molecule has 0 aliphatic rings. The molecule has 0 aliphatic heterocycles. The van der Waals surface area contributed by atoms with Crippen LogP contribution in [0.3, 0.4) is 0 Å². The van der Waals surface area contributed by atoms with E-state index in [4.69, 9.17) is 27.9 Å². The third-order valence-corrected chi connectivity index (χ3v) is 3.61. The Morgan fingerprint density at radius 1 is 1.25 bits per heavy atom. The van der Waals surface area contributed by atoms with Crippen molar-refractivity contribution in [3.05, 3.63) is 63.6 Å². The molecule has 0 atom stereocenters. The van der Waals surface area contributed by atoms with E-state index in [0.29, 0.717) is 27.9 Å². The summed E-state index contributed by atoms with van der Waals surface area (Å²) < 4.78 is 5.35. The van der Waals surface area contributed by atoms with Gasteiger partial charge in [-0.05, 0) is 48.9 Å². The van der Waals surface area contributed by atoms with E-state index in [9.17, 15) is 10.1 Å². The maximum atomic E-state index is 12.3. The lowest BCUT2D eigenvalue weighted by Gasteiger charge is -2.07. The number of rotatable bonds is 5. The van der Waals surface area contributed by atoms with Crippen molar-refractivity contribution in [1.29, 1.82) is 5.26 Å².